The number of imidazole rings is 2. The number of aromatic amines is 3. The lowest BCUT2D eigenvalue weighted by molar-refractivity contribution is -0.138. The number of carboxylic acids is 2. The number of nitrogens with zero attached hydrogens (tertiary/aromatic N) is 9. The maximum atomic E-state index is 13.4. The van der Waals surface area contributed by atoms with Crippen LogP contribution in [0.2, 0.25) is 5.15 Å². The van der Waals surface area contributed by atoms with E-state index < -0.39 is 35.3 Å². The summed E-state index contributed by atoms with van der Waals surface area (Å²) >= 11 is 6.09. The molecule has 408 valence electrons. The Morgan fingerprint density at radius 3 is 1.53 bits per heavy atom. The van der Waals surface area contributed by atoms with Crippen LogP contribution in [0, 0.1) is 0 Å². The Labute approximate surface area is 454 Å². The number of ketones is 2. The van der Waals surface area contributed by atoms with Crippen LogP contribution < -0.4 is 9.47 Å². The van der Waals surface area contributed by atoms with Crippen molar-refractivity contribution in [2.75, 3.05) is 66.6 Å². The zero-order valence-electron chi connectivity index (χ0n) is 42.8. The standard InChI is InChI=1S/C27H26N6O6.C21H19ClN4O4.C6H8N2O2/c1-39-20-14-29-25(33-15-18(30-16-33)7-8-21(34)35)23-22(20)19(13-28-23)24(36)27(38)32-11-9-31(10-12-32)26(37)17-5-3-2-4-6-17;1-30-15-12-24-19(22)17-16(15)14(11-23-17)18(27)21(29)26-9-7-25(8-10-26)20(28)13-5-3-2-4-6-13;9-6(10)2-1-5-3-7-4-8-5/h2-6,13-16,28H,7-12H2,1H3,(H,34,35);2-6,11-12,23H,7-10H2,1H3;3-4H,1-2H2,(H,7,8)(H,9,10). The van der Waals surface area contributed by atoms with Crippen LogP contribution in [-0.4, -0.2) is 183 Å². The maximum Gasteiger partial charge on any atom is 0.303 e. The minimum absolute atomic E-state index is 0.0552. The van der Waals surface area contributed by atoms with E-state index in [0.717, 1.165) is 5.69 Å². The predicted molar refractivity (Wildman–Crippen MR) is 284 cm³/mol. The van der Waals surface area contributed by atoms with Crippen LogP contribution in [0.15, 0.2) is 110 Å². The van der Waals surface area contributed by atoms with Gasteiger partial charge in [0, 0.05) is 100 Å². The van der Waals surface area contributed by atoms with Crippen molar-refractivity contribution < 1.29 is 58.0 Å². The maximum absolute atomic E-state index is 13.4. The Morgan fingerprint density at radius 2 is 1.05 bits per heavy atom. The quantitative estimate of drug-likeness (QED) is 0.0525. The highest BCUT2D eigenvalue weighted by molar-refractivity contribution is 6.46. The fraction of sp³-hybridized carbons (Fsp3) is 0.259. The van der Waals surface area contributed by atoms with Gasteiger partial charge in [-0.05, 0) is 30.7 Å². The SMILES string of the molecule is COc1cnc(-n2cnc(CCC(=O)O)c2)c2[nH]cc(C(=O)C(=O)N3CCN(C(=O)c4ccccc4)CC3)c12.COc1cnc(Cl)c2[nH]cc(C(=O)C(=O)N3CCN(C(=O)c4ccccc4)CC3)c12.O=C(O)CCc1cnc[nH]1. The summed E-state index contributed by atoms with van der Waals surface area (Å²) < 4.78 is 12.3. The Hall–Kier alpha value is -9.71. The number of hydrogen-bond acceptors (Lipinski definition) is 14. The van der Waals surface area contributed by atoms with Gasteiger partial charge in [-0.15, -0.1) is 0 Å². The molecule has 5 N–H and O–H groups in total. The van der Waals surface area contributed by atoms with Gasteiger partial charge < -0.3 is 54.2 Å². The van der Waals surface area contributed by atoms with E-state index >= 15 is 0 Å². The molecule has 2 aliphatic rings. The van der Waals surface area contributed by atoms with E-state index in [1.165, 1.54) is 61.5 Å². The number of H-pyrrole nitrogens is 3. The highest BCUT2D eigenvalue weighted by Crippen LogP contribution is 2.34. The topological polar surface area (TPSA) is 312 Å². The number of Topliss-reactive ketones (excluding diaryl/α,β-unsaturated/α-hetero) is 2. The molecule has 0 bridgehead atoms. The normalized spacial score (nSPS) is 13.2. The molecule has 2 fully saturated rings. The summed E-state index contributed by atoms with van der Waals surface area (Å²) in [6.45, 7) is 2.41. The van der Waals surface area contributed by atoms with Crippen molar-refractivity contribution in [1.29, 1.82) is 0 Å². The fourth-order valence-corrected chi connectivity index (χ4v) is 9.03. The highest BCUT2D eigenvalue weighted by atomic mass is 35.5. The molecule has 0 radical (unpaired) electrons. The number of carboxylic acid groups (broad SMARTS) is 2. The highest BCUT2D eigenvalue weighted by Gasteiger charge is 2.33. The van der Waals surface area contributed by atoms with Crippen LogP contribution in [0.1, 0.15) is 65.7 Å². The molecule has 79 heavy (non-hydrogen) atoms. The van der Waals surface area contributed by atoms with E-state index in [0.29, 0.717) is 88.5 Å². The van der Waals surface area contributed by atoms with Crippen LogP contribution in [0.25, 0.3) is 27.6 Å². The van der Waals surface area contributed by atoms with Crippen molar-refractivity contribution in [1.82, 2.24) is 59.1 Å². The number of aromatic nitrogens is 8. The van der Waals surface area contributed by atoms with Crippen molar-refractivity contribution >= 4 is 80.5 Å². The molecule has 0 saturated carbocycles. The first kappa shape index (κ1) is 55.5. The van der Waals surface area contributed by atoms with Crippen molar-refractivity contribution in [2.45, 2.75) is 25.7 Å². The lowest BCUT2D eigenvalue weighted by Crippen LogP contribution is -2.52. The average molecular weight is 1100 g/mol. The first-order chi connectivity index (χ1) is 38.2. The molecule has 10 rings (SSSR count). The van der Waals surface area contributed by atoms with E-state index in [4.69, 9.17) is 31.3 Å². The lowest BCUT2D eigenvalue weighted by atomic mass is 10.1. The summed E-state index contributed by atoms with van der Waals surface area (Å²) in [5.41, 5.74) is 3.84. The summed E-state index contributed by atoms with van der Waals surface area (Å²) in [6.07, 6.45) is 13.0. The molecule has 6 aromatic heterocycles. The largest absolute Gasteiger partial charge is 0.494 e. The Morgan fingerprint density at radius 1 is 0.582 bits per heavy atom. The molecule has 2 aliphatic heterocycles. The molecule has 8 heterocycles. The first-order valence-corrected chi connectivity index (χ1v) is 25.1. The molecule has 0 atom stereocenters. The number of nitrogens with one attached hydrogen (secondary N) is 3. The number of amides is 4. The summed E-state index contributed by atoms with van der Waals surface area (Å²) in [5, 5.41) is 18.2. The minimum Gasteiger partial charge on any atom is -0.494 e. The third-order valence-electron chi connectivity index (χ3n) is 13.0. The molecule has 2 saturated heterocycles. The zero-order chi connectivity index (χ0) is 56.2. The number of carbonyl (C=O) groups excluding carboxylic acids is 6. The van der Waals surface area contributed by atoms with E-state index in [2.05, 4.69) is 34.9 Å². The smallest absolute Gasteiger partial charge is 0.303 e. The van der Waals surface area contributed by atoms with Crippen LogP contribution in [0.4, 0.5) is 0 Å². The number of hydrogen-bond donors (Lipinski definition) is 5. The average Bonchev–Trinajstić information content (AvgIpc) is 4.42. The summed E-state index contributed by atoms with van der Waals surface area (Å²) in [4.78, 5) is 130. The van der Waals surface area contributed by atoms with Crippen LogP contribution in [-0.2, 0) is 32.0 Å². The monoisotopic (exact) mass is 1100 g/mol. The van der Waals surface area contributed by atoms with Crippen molar-refractivity contribution in [3.05, 3.63) is 149 Å². The minimum atomic E-state index is -0.920. The van der Waals surface area contributed by atoms with E-state index in [9.17, 15) is 38.4 Å². The van der Waals surface area contributed by atoms with Gasteiger partial charge in [-0.2, -0.15) is 0 Å². The molecule has 25 heteroatoms. The number of carbonyl (C=O) groups is 8. The van der Waals surface area contributed by atoms with E-state index in [1.807, 2.05) is 24.3 Å². The van der Waals surface area contributed by atoms with Gasteiger partial charge in [0.15, 0.2) is 11.0 Å². The Bertz CT molecular complexity index is 3510. The molecule has 0 unspecified atom stereocenters. The van der Waals surface area contributed by atoms with E-state index in [-0.39, 0.29) is 73.5 Å². The summed E-state index contributed by atoms with van der Waals surface area (Å²) in [6, 6.07) is 17.9. The number of rotatable bonds is 15. The number of aryl methyl sites for hydroxylation is 2. The molecule has 24 nitrogen and oxygen atoms in total. The van der Waals surface area contributed by atoms with Gasteiger partial charge in [0.25, 0.3) is 35.2 Å². The molecule has 2 aromatic carbocycles. The zero-order valence-corrected chi connectivity index (χ0v) is 43.5. The van der Waals surface area contributed by atoms with E-state index in [1.54, 1.807) is 63.2 Å². The van der Waals surface area contributed by atoms with Crippen molar-refractivity contribution in [2.24, 2.45) is 0 Å². The molecule has 0 aliphatic carbocycles. The number of benzene rings is 2. The molecule has 0 spiro atoms. The third-order valence-corrected chi connectivity index (χ3v) is 13.3. The fourth-order valence-electron chi connectivity index (χ4n) is 8.83. The summed E-state index contributed by atoms with van der Waals surface area (Å²) in [5.74, 6) is -3.47. The second kappa shape index (κ2) is 25.4. The molecule has 8 aromatic rings. The number of ether oxygens (including phenoxy) is 2. The van der Waals surface area contributed by atoms with Gasteiger partial charge in [-0.25, -0.2) is 19.9 Å². The second-order valence-electron chi connectivity index (χ2n) is 17.9. The van der Waals surface area contributed by atoms with Gasteiger partial charge in [0.2, 0.25) is 0 Å². The molecule has 4 amide bonds. The second-order valence-corrected chi connectivity index (χ2v) is 18.2. The first-order valence-electron chi connectivity index (χ1n) is 24.7. The van der Waals surface area contributed by atoms with Gasteiger partial charge >= 0.3 is 11.9 Å². The van der Waals surface area contributed by atoms with Crippen molar-refractivity contribution in [3.8, 4) is 17.3 Å². The number of halogens is 1. The van der Waals surface area contributed by atoms with Crippen LogP contribution in [0.5, 0.6) is 11.5 Å². The Kier molecular flexibility index (Phi) is 17.9. The summed E-state index contributed by atoms with van der Waals surface area (Å²) in [7, 11) is 2.90. The third kappa shape index (κ3) is 12.9. The molecular weight excluding hydrogens is 1040 g/mol. The van der Waals surface area contributed by atoms with Gasteiger partial charge in [-0.1, -0.05) is 48.0 Å². The number of methoxy groups -OCH3 is 2. The van der Waals surface area contributed by atoms with Gasteiger partial charge in [-0.3, -0.25) is 42.9 Å². The van der Waals surface area contributed by atoms with Gasteiger partial charge in [0.05, 0.1) is 84.4 Å². The van der Waals surface area contributed by atoms with Crippen LogP contribution in [0.3, 0.4) is 0 Å². The predicted octanol–water partition coefficient (Wildman–Crippen LogP) is 4.76. The number of fused-ring (bicyclic) bond motifs is 2. The van der Waals surface area contributed by atoms with Gasteiger partial charge in [0.1, 0.15) is 17.8 Å². The van der Waals surface area contributed by atoms with Crippen molar-refractivity contribution in [3.63, 3.8) is 0 Å². The van der Waals surface area contributed by atoms with Crippen LogP contribution >= 0.6 is 11.6 Å². The lowest BCUT2D eigenvalue weighted by Gasteiger charge is -2.34. The number of aliphatic carboxylic acids is 2. The Balaban J connectivity index is 0.000000181. The number of pyridine rings is 2. The number of piperazine rings is 2. The molecular formula is C54H53ClN12O12.